The fourth-order valence-corrected chi connectivity index (χ4v) is 4.15. The van der Waals surface area contributed by atoms with Crippen LogP contribution in [-0.2, 0) is 6.42 Å². The number of thiazole rings is 2. The minimum Gasteiger partial charge on any atom is -0.351 e. The molecule has 7 heteroatoms. The standard InChI is InChI=1S/C18H18ClN3OS2/c1-12-10-24-16(21-12)7-2-3-8-20-17(23)15-11-25-18(22-15)13-5-4-6-14(19)9-13/h4-6,9-11H,2-3,7-8H2,1H3,(H,20,23). The number of halogens is 1. The number of carbonyl (C=O) groups is 1. The van der Waals surface area contributed by atoms with Gasteiger partial charge in [0.1, 0.15) is 10.7 Å². The van der Waals surface area contributed by atoms with Gasteiger partial charge in [-0.05, 0) is 38.3 Å². The van der Waals surface area contributed by atoms with Gasteiger partial charge in [0.15, 0.2) is 0 Å². The number of nitrogens with one attached hydrogen (secondary N) is 1. The molecule has 0 atom stereocenters. The molecule has 0 fully saturated rings. The molecule has 0 bridgehead atoms. The van der Waals surface area contributed by atoms with Crippen molar-refractivity contribution in [1.82, 2.24) is 15.3 Å². The maximum atomic E-state index is 12.2. The van der Waals surface area contributed by atoms with Crippen molar-refractivity contribution in [2.75, 3.05) is 6.54 Å². The van der Waals surface area contributed by atoms with Gasteiger partial charge in [-0.2, -0.15) is 0 Å². The molecule has 3 rings (SSSR count). The van der Waals surface area contributed by atoms with E-state index < -0.39 is 0 Å². The first-order valence-electron chi connectivity index (χ1n) is 8.02. The Morgan fingerprint density at radius 3 is 2.84 bits per heavy atom. The van der Waals surface area contributed by atoms with Crippen LogP contribution < -0.4 is 5.32 Å². The normalized spacial score (nSPS) is 10.8. The van der Waals surface area contributed by atoms with Gasteiger partial charge in [-0.25, -0.2) is 9.97 Å². The van der Waals surface area contributed by atoms with E-state index in [9.17, 15) is 4.79 Å². The van der Waals surface area contributed by atoms with Gasteiger partial charge in [0.25, 0.3) is 5.91 Å². The Morgan fingerprint density at radius 2 is 2.08 bits per heavy atom. The summed E-state index contributed by atoms with van der Waals surface area (Å²) >= 11 is 9.14. The molecular weight excluding hydrogens is 374 g/mol. The van der Waals surface area contributed by atoms with Crippen LogP contribution in [0.15, 0.2) is 35.0 Å². The average molecular weight is 392 g/mol. The highest BCUT2D eigenvalue weighted by atomic mass is 35.5. The number of carbonyl (C=O) groups excluding carboxylic acids is 1. The molecule has 0 aliphatic carbocycles. The van der Waals surface area contributed by atoms with Crippen molar-refractivity contribution in [3.8, 4) is 10.6 Å². The number of benzene rings is 1. The second-order valence-corrected chi connectivity index (χ2v) is 7.88. The van der Waals surface area contributed by atoms with Gasteiger partial charge in [-0.3, -0.25) is 4.79 Å². The zero-order valence-corrected chi connectivity index (χ0v) is 16.2. The highest BCUT2D eigenvalue weighted by molar-refractivity contribution is 7.13. The third-order valence-corrected chi connectivity index (χ3v) is 5.73. The molecule has 2 aromatic heterocycles. The molecule has 0 aliphatic heterocycles. The highest BCUT2D eigenvalue weighted by Crippen LogP contribution is 2.26. The number of hydrogen-bond donors (Lipinski definition) is 1. The Kier molecular flexibility index (Phi) is 6.18. The topological polar surface area (TPSA) is 54.9 Å². The average Bonchev–Trinajstić information content (AvgIpc) is 3.24. The van der Waals surface area contributed by atoms with E-state index in [4.69, 9.17) is 11.6 Å². The van der Waals surface area contributed by atoms with E-state index in [0.717, 1.165) is 40.5 Å². The van der Waals surface area contributed by atoms with Crippen LogP contribution >= 0.6 is 34.3 Å². The summed E-state index contributed by atoms with van der Waals surface area (Å²) in [5.41, 5.74) is 2.46. The number of rotatable bonds is 7. The summed E-state index contributed by atoms with van der Waals surface area (Å²) in [5, 5.41) is 9.40. The molecule has 0 unspecified atom stereocenters. The fourth-order valence-electron chi connectivity index (χ4n) is 2.34. The van der Waals surface area contributed by atoms with Crippen LogP contribution in [0.1, 0.15) is 34.0 Å². The van der Waals surface area contributed by atoms with E-state index in [2.05, 4.69) is 20.7 Å². The number of hydrogen-bond acceptors (Lipinski definition) is 5. The van der Waals surface area contributed by atoms with Crippen LogP contribution in [-0.4, -0.2) is 22.4 Å². The van der Waals surface area contributed by atoms with Crippen molar-refractivity contribution >= 4 is 40.2 Å². The van der Waals surface area contributed by atoms with E-state index in [-0.39, 0.29) is 5.91 Å². The number of amides is 1. The van der Waals surface area contributed by atoms with Crippen LogP contribution in [0.3, 0.4) is 0 Å². The molecule has 0 radical (unpaired) electrons. The maximum absolute atomic E-state index is 12.2. The predicted molar refractivity (Wildman–Crippen MR) is 105 cm³/mol. The molecule has 2 heterocycles. The zero-order valence-electron chi connectivity index (χ0n) is 13.8. The molecule has 1 aromatic carbocycles. The lowest BCUT2D eigenvalue weighted by Crippen LogP contribution is -2.24. The summed E-state index contributed by atoms with van der Waals surface area (Å²) in [5.74, 6) is -0.130. The first kappa shape index (κ1) is 18.0. The summed E-state index contributed by atoms with van der Waals surface area (Å²) in [6, 6.07) is 7.48. The van der Waals surface area contributed by atoms with Crippen LogP contribution in [0.2, 0.25) is 5.02 Å². The number of aryl methyl sites for hydroxylation is 2. The van der Waals surface area contributed by atoms with Gasteiger partial charge < -0.3 is 5.32 Å². The third-order valence-electron chi connectivity index (χ3n) is 3.58. The highest BCUT2D eigenvalue weighted by Gasteiger charge is 2.11. The van der Waals surface area contributed by atoms with Crippen molar-refractivity contribution in [3.63, 3.8) is 0 Å². The lowest BCUT2D eigenvalue weighted by atomic mass is 10.2. The molecule has 4 nitrogen and oxygen atoms in total. The quantitative estimate of drug-likeness (QED) is 0.578. The molecule has 0 saturated heterocycles. The van der Waals surface area contributed by atoms with Crippen LogP contribution in [0.4, 0.5) is 0 Å². The molecule has 3 aromatic rings. The third kappa shape index (κ3) is 5.11. The largest absolute Gasteiger partial charge is 0.351 e. The van der Waals surface area contributed by atoms with E-state index in [1.807, 2.05) is 31.2 Å². The van der Waals surface area contributed by atoms with Crippen molar-refractivity contribution in [1.29, 1.82) is 0 Å². The second kappa shape index (κ2) is 8.56. The Hall–Kier alpha value is -1.76. The van der Waals surface area contributed by atoms with Gasteiger partial charge in [-0.15, -0.1) is 22.7 Å². The second-order valence-electron chi connectivity index (χ2n) is 5.64. The van der Waals surface area contributed by atoms with Gasteiger partial charge in [-0.1, -0.05) is 23.7 Å². The Morgan fingerprint density at radius 1 is 1.20 bits per heavy atom. The van der Waals surface area contributed by atoms with Gasteiger partial charge in [0.2, 0.25) is 0 Å². The summed E-state index contributed by atoms with van der Waals surface area (Å²) < 4.78 is 0. The number of nitrogens with zero attached hydrogens (tertiary/aromatic N) is 2. The molecular formula is C18H18ClN3OS2. The summed E-state index contributed by atoms with van der Waals surface area (Å²) in [6.45, 7) is 2.65. The molecule has 1 N–H and O–H groups in total. The summed E-state index contributed by atoms with van der Waals surface area (Å²) in [7, 11) is 0. The molecule has 0 saturated carbocycles. The molecule has 0 aliphatic rings. The fraction of sp³-hybridized carbons (Fsp3) is 0.278. The summed E-state index contributed by atoms with van der Waals surface area (Å²) in [4.78, 5) is 21.0. The van der Waals surface area contributed by atoms with Gasteiger partial charge in [0, 0.05) is 33.6 Å². The lowest BCUT2D eigenvalue weighted by Gasteiger charge is -2.02. The minimum absolute atomic E-state index is 0.130. The van der Waals surface area contributed by atoms with Crippen LogP contribution in [0, 0.1) is 6.92 Å². The van der Waals surface area contributed by atoms with E-state index >= 15 is 0 Å². The van der Waals surface area contributed by atoms with Crippen molar-refractivity contribution < 1.29 is 4.79 Å². The summed E-state index contributed by atoms with van der Waals surface area (Å²) in [6.07, 6.45) is 2.90. The lowest BCUT2D eigenvalue weighted by molar-refractivity contribution is 0.0949. The maximum Gasteiger partial charge on any atom is 0.270 e. The Bertz CT molecular complexity index is 859. The molecule has 1 amide bonds. The van der Waals surface area contributed by atoms with E-state index in [0.29, 0.717) is 17.3 Å². The van der Waals surface area contributed by atoms with E-state index in [1.165, 1.54) is 11.3 Å². The minimum atomic E-state index is -0.130. The van der Waals surface area contributed by atoms with Crippen LogP contribution in [0.25, 0.3) is 10.6 Å². The first-order chi connectivity index (χ1) is 12.1. The number of unbranched alkanes of at least 4 members (excludes halogenated alkanes) is 1. The van der Waals surface area contributed by atoms with Crippen molar-refractivity contribution in [3.05, 3.63) is 56.4 Å². The zero-order chi connectivity index (χ0) is 17.6. The first-order valence-corrected chi connectivity index (χ1v) is 10.2. The molecule has 25 heavy (non-hydrogen) atoms. The van der Waals surface area contributed by atoms with Crippen LogP contribution in [0.5, 0.6) is 0 Å². The smallest absolute Gasteiger partial charge is 0.270 e. The van der Waals surface area contributed by atoms with Gasteiger partial charge >= 0.3 is 0 Å². The predicted octanol–water partition coefficient (Wildman–Crippen LogP) is 4.98. The van der Waals surface area contributed by atoms with E-state index in [1.54, 1.807) is 16.7 Å². The molecule has 0 spiro atoms. The molecule has 130 valence electrons. The Balaban J connectivity index is 1.45. The SMILES string of the molecule is Cc1csc(CCCCNC(=O)c2csc(-c3cccc(Cl)c3)n2)n1. The van der Waals surface area contributed by atoms with Gasteiger partial charge in [0.05, 0.1) is 5.01 Å². The number of aromatic nitrogens is 2. The monoisotopic (exact) mass is 391 g/mol. The van der Waals surface area contributed by atoms with Crippen molar-refractivity contribution in [2.45, 2.75) is 26.2 Å². The Labute approximate surface area is 159 Å². The van der Waals surface area contributed by atoms with Crippen molar-refractivity contribution in [2.24, 2.45) is 0 Å².